The lowest BCUT2D eigenvalue weighted by molar-refractivity contribution is -0.384. The molecule has 1 heterocycles. The van der Waals surface area contributed by atoms with Crippen LogP contribution in [0, 0.1) is 17.0 Å². The Morgan fingerprint density at radius 2 is 2.08 bits per heavy atom. The molecule has 0 radical (unpaired) electrons. The summed E-state index contributed by atoms with van der Waals surface area (Å²) in [6, 6.07) is 14.1. The van der Waals surface area contributed by atoms with Gasteiger partial charge in [0, 0.05) is 17.7 Å². The van der Waals surface area contributed by atoms with Gasteiger partial charge in [0.2, 0.25) is 5.91 Å². The van der Waals surface area contributed by atoms with Crippen LogP contribution >= 0.6 is 11.8 Å². The van der Waals surface area contributed by atoms with Gasteiger partial charge in [-0.25, -0.2) is 0 Å². The van der Waals surface area contributed by atoms with Gasteiger partial charge < -0.3 is 5.32 Å². The van der Waals surface area contributed by atoms with E-state index in [1.807, 2.05) is 25.1 Å². The van der Waals surface area contributed by atoms with Crippen molar-refractivity contribution in [2.24, 2.45) is 10.2 Å². The lowest BCUT2D eigenvalue weighted by Crippen LogP contribution is -2.25. The summed E-state index contributed by atoms with van der Waals surface area (Å²) in [5, 5.41) is 21.6. The van der Waals surface area contributed by atoms with Gasteiger partial charge in [0.25, 0.3) is 5.69 Å². The summed E-state index contributed by atoms with van der Waals surface area (Å²) in [5.41, 5.74) is 2.80. The maximum atomic E-state index is 12.1. The van der Waals surface area contributed by atoms with Gasteiger partial charge in [-0.15, -0.1) is 5.10 Å². The predicted molar refractivity (Wildman–Crippen MR) is 103 cm³/mol. The second-order valence-corrected chi connectivity index (χ2v) is 6.98. The van der Waals surface area contributed by atoms with Crippen LogP contribution in [-0.4, -0.2) is 27.5 Å². The number of nitrogens with one attached hydrogen (secondary N) is 1. The molecule has 0 saturated carbocycles. The van der Waals surface area contributed by atoms with Crippen molar-refractivity contribution in [3.8, 4) is 0 Å². The number of non-ortho nitro benzene ring substituents is 1. The summed E-state index contributed by atoms with van der Waals surface area (Å²) in [6.07, 6.45) is 2.03. The van der Waals surface area contributed by atoms with Crippen LogP contribution in [-0.2, 0) is 11.2 Å². The summed E-state index contributed by atoms with van der Waals surface area (Å²) in [6.45, 7) is 2.01. The Morgan fingerprint density at radius 3 is 2.85 bits per heavy atom. The second-order valence-electron chi connectivity index (χ2n) is 5.79. The Hall–Kier alpha value is -3.00. The van der Waals surface area contributed by atoms with Crippen molar-refractivity contribution in [3.63, 3.8) is 0 Å². The number of carbonyl (C=O) groups excluding carboxylic acids is 1. The Labute approximate surface area is 154 Å². The highest BCUT2D eigenvalue weighted by Crippen LogP contribution is 2.23. The number of aryl methyl sites for hydroxylation is 1. The third-order valence-corrected chi connectivity index (χ3v) is 4.79. The summed E-state index contributed by atoms with van der Waals surface area (Å²) < 4.78 is 0. The average Bonchev–Trinajstić information content (AvgIpc) is 2.95. The topological polar surface area (TPSA) is 97.0 Å². The van der Waals surface area contributed by atoms with Crippen LogP contribution < -0.4 is 5.32 Å². The van der Waals surface area contributed by atoms with Crippen LogP contribution in [0.5, 0.6) is 0 Å². The molecule has 2 aromatic carbocycles. The van der Waals surface area contributed by atoms with Gasteiger partial charge in [-0.2, -0.15) is 5.10 Å². The van der Waals surface area contributed by atoms with Crippen LogP contribution in [0.25, 0.3) is 0 Å². The molecule has 7 nitrogen and oxygen atoms in total. The number of nitrogens with zero attached hydrogens (tertiary/aromatic N) is 3. The van der Waals surface area contributed by atoms with Gasteiger partial charge in [-0.3, -0.25) is 14.9 Å². The highest BCUT2D eigenvalue weighted by atomic mass is 32.2. The number of benzene rings is 2. The smallest absolute Gasteiger partial charge is 0.270 e. The van der Waals surface area contributed by atoms with Crippen LogP contribution in [0.2, 0.25) is 0 Å². The molecule has 0 unspecified atom stereocenters. The lowest BCUT2D eigenvalue weighted by atomic mass is 10.1. The second kappa shape index (κ2) is 7.92. The molecule has 132 valence electrons. The number of hydrogen-bond donors (Lipinski definition) is 1. The van der Waals surface area contributed by atoms with Gasteiger partial charge in [-0.1, -0.05) is 53.7 Å². The van der Waals surface area contributed by atoms with E-state index in [1.54, 1.807) is 12.1 Å². The van der Waals surface area contributed by atoms with Crippen molar-refractivity contribution in [2.45, 2.75) is 18.6 Å². The average molecular weight is 368 g/mol. The first-order chi connectivity index (χ1) is 12.5. The quantitative estimate of drug-likeness (QED) is 0.498. The van der Waals surface area contributed by atoms with Crippen molar-refractivity contribution < 1.29 is 9.72 Å². The van der Waals surface area contributed by atoms with Crippen LogP contribution in [0.1, 0.15) is 16.7 Å². The van der Waals surface area contributed by atoms with Crippen LogP contribution in [0.15, 0.2) is 58.7 Å². The van der Waals surface area contributed by atoms with E-state index in [9.17, 15) is 14.9 Å². The number of nitro groups is 1. The summed E-state index contributed by atoms with van der Waals surface area (Å²) in [5.74, 6) is -0.0965. The van der Waals surface area contributed by atoms with Crippen molar-refractivity contribution in [3.05, 3.63) is 75.3 Å². The summed E-state index contributed by atoms with van der Waals surface area (Å²) in [4.78, 5) is 22.4. The highest BCUT2D eigenvalue weighted by molar-refractivity contribution is 8.15. The summed E-state index contributed by atoms with van der Waals surface area (Å²) >= 11 is 1.33. The largest absolute Gasteiger partial charge is 0.303 e. The molecule has 1 fully saturated rings. The van der Waals surface area contributed by atoms with Gasteiger partial charge >= 0.3 is 0 Å². The van der Waals surface area contributed by atoms with Crippen molar-refractivity contribution in [2.75, 3.05) is 0 Å². The number of hydrogen-bond acceptors (Lipinski definition) is 6. The van der Waals surface area contributed by atoms with E-state index in [4.69, 9.17) is 0 Å². The zero-order valence-electron chi connectivity index (χ0n) is 14.0. The minimum absolute atomic E-state index is 0.0108. The maximum Gasteiger partial charge on any atom is 0.270 e. The molecule has 0 spiro atoms. The first-order valence-corrected chi connectivity index (χ1v) is 8.78. The first-order valence-electron chi connectivity index (χ1n) is 7.90. The molecule has 1 aliphatic heterocycles. The van der Waals surface area contributed by atoms with E-state index in [1.165, 1.54) is 30.1 Å². The number of amides is 1. The fourth-order valence-corrected chi connectivity index (χ4v) is 3.47. The number of thioether (sulfide) groups is 1. The van der Waals surface area contributed by atoms with Gasteiger partial charge in [0.05, 0.1) is 16.4 Å². The van der Waals surface area contributed by atoms with Gasteiger partial charge in [0.15, 0.2) is 5.17 Å². The molecule has 0 bridgehead atoms. The fourth-order valence-electron chi connectivity index (χ4n) is 2.51. The van der Waals surface area contributed by atoms with E-state index in [-0.39, 0.29) is 16.8 Å². The Morgan fingerprint density at radius 1 is 1.27 bits per heavy atom. The zero-order valence-corrected chi connectivity index (χ0v) is 14.8. The molecular formula is C18H16N4O3S. The molecule has 0 aliphatic carbocycles. The highest BCUT2D eigenvalue weighted by Gasteiger charge is 2.30. The maximum absolute atomic E-state index is 12.1. The number of rotatable bonds is 5. The molecule has 26 heavy (non-hydrogen) atoms. The van der Waals surface area contributed by atoms with Gasteiger partial charge in [0.1, 0.15) is 0 Å². The molecule has 1 atom stereocenters. The summed E-state index contributed by atoms with van der Waals surface area (Å²) in [7, 11) is 0. The Bertz CT molecular complexity index is 911. The van der Waals surface area contributed by atoms with E-state index >= 15 is 0 Å². The molecule has 0 aromatic heterocycles. The standard InChI is InChI=1S/C18H16N4O3S/c1-12-4-2-5-13(8-12)10-16-17(23)20-18(26-16)21-19-11-14-6-3-7-15(9-14)22(24)25/h2-9,11,16H,10H2,1H3,(H,20,21,23)/b19-11-/t16-/m1/s1. The molecule has 1 N–H and O–H groups in total. The van der Waals surface area contributed by atoms with Crippen LogP contribution in [0.4, 0.5) is 5.69 Å². The third kappa shape index (κ3) is 4.54. The molecule has 8 heteroatoms. The van der Waals surface area contributed by atoms with E-state index in [0.29, 0.717) is 17.2 Å². The minimum atomic E-state index is -0.466. The van der Waals surface area contributed by atoms with Crippen molar-refractivity contribution >= 4 is 34.7 Å². The van der Waals surface area contributed by atoms with Crippen molar-refractivity contribution in [1.29, 1.82) is 0 Å². The lowest BCUT2D eigenvalue weighted by Gasteiger charge is -2.05. The monoisotopic (exact) mass is 368 g/mol. The van der Waals surface area contributed by atoms with E-state index < -0.39 is 4.92 Å². The van der Waals surface area contributed by atoms with Gasteiger partial charge in [-0.05, 0) is 18.9 Å². The molecule has 2 aromatic rings. The predicted octanol–water partition coefficient (Wildman–Crippen LogP) is 3.07. The van der Waals surface area contributed by atoms with Crippen LogP contribution in [0.3, 0.4) is 0 Å². The fraction of sp³-hybridized carbons (Fsp3) is 0.167. The number of amidine groups is 1. The number of nitro benzene ring substituents is 1. The number of carbonyl (C=O) groups is 1. The van der Waals surface area contributed by atoms with E-state index in [0.717, 1.165) is 11.1 Å². The first kappa shape index (κ1) is 17.8. The SMILES string of the molecule is Cc1cccc(C[C@H]2S/C(=N\N=C/c3cccc([N+](=O)[O-])c3)NC2=O)c1. The zero-order chi connectivity index (χ0) is 18.5. The Balaban J connectivity index is 1.64. The molecule has 1 saturated heterocycles. The molecular weight excluding hydrogens is 352 g/mol. The Kier molecular flexibility index (Phi) is 5.43. The van der Waals surface area contributed by atoms with Crippen molar-refractivity contribution in [1.82, 2.24) is 5.32 Å². The normalized spacial score (nSPS) is 18.4. The molecule has 1 amide bonds. The molecule has 1 aliphatic rings. The minimum Gasteiger partial charge on any atom is -0.303 e. The van der Waals surface area contributed by atoms with E-state index in [2.05, 4.69) is 21.6 Å². The molecule has 3 rings (SSSR count). The third-order valence-electron chi connectivity index (χ3n) is 3.72.